The first-order valence-electron chi connectivity index (χ1n) is 5.54. The summed E-state index contributed by atoms with van der Waals surface area (Å²) >= 11 is 0. The van der Waals surface area contributed by atoms with E-state index in [1.807, 2.05) is 0 Å². The van der Waals surface area contributed by atoms with Crippen molar-refractivity contribution in [1.82, 2.24) is 10.2 Å². The number of likely N-dealkylation sites (tertiary alicyclic amines) is 1. The summed E-state index contributed by atoms with van der Waals surface area (Å²) < 4.78 is 0. The maximum Gasteiger partial charge on any atom is 0.0248 e. The fourth-order valence-electron chi connectivity index (χ4n) is 2.52. The van der Waals surface area contributed by atoms with Gasteiger partial charge in [-0.25, -0.2) is 0 Å². The minimum atomic E-state index is 0.658. The molecule has 78 valence electrons. The van der Waals surface area contributed by atoms with E-state index in [0.717, 1.165) is 12.0 Å². The second kappa shape index (κ2) is 4.97. The zero-order chi connectivity index (χ0) is 9.84. The molecule has 1 aliphatic rings. The van der Waals surface area contributed by atoms with Gasteiger partial charge < -0.3 is 10.2 Å². The topological polar surface area (TPSA) is 15.3 Å². The first-order valence-corrected chi connectivity index (χ1v) is 5.54. The summed E-state index contributed by atoms with van der Waals surface area (Å²) in [7, 11) is 4.35. The van der Waals surface area contributed by atoms with Crippen LogP contribution in [0.5, 0.6) is 0 Å². The van der Waals surface area contributed by atoms with Gasteiger partial charge in [-0.15, -0.1) is 0 Å². The number of nitrogens with one attached hydrogen (secondary N) is 1. The van der Waals surface area contributed by atoms with Crippen LogP contribution in [-0.2, 0) is 0 Å². The predicted octanol–water partition coefficient (Wildman–Crippen LogP) is 1.71. The van der Waals surface area contributed by atoms with E-state index in [-0.39, 0.29) is 0 Å². The lowest BCUT2D eigenvalue weighted by atomic mass is 9.89. The second-order valence-electron chi connectivity index (χ2n) is 4.60. The van der Waals surface area contributed by atoms with Gasteiger partial charge in [0.1, 0.15) is 0 Å². The fourth-order valence-corrected chi connectivity index (χ4v) is 2.52. The number of hydrogen-bond donors (Lipinski definition) is 1. The molecule has 1 rings (SSSR count). The molecule has 1 saturated heterocycles. The maximum atomic E-state index is 3.46. The molecule has 13 heavy (non-hydrogen) atoms. The number of nitrogens with zero attached hydrogens (tertiary/aromatic N) is 1. The SMILES string of the molecule is CNC(C(C)C)C1CCCCN1C. The summed E-state index contributed by atoms with van der Waals surface area (Å²) in [6.45, 7) is 5.89. The van der Waals surface area contributed by atoms with Crippen molar-refractivity contribution in [3.63, 3.8) is 0 Å². The molecule has 0 aliphatic carbocycles. The van der Waals surface area contributed by atoms with E-state index < -0.39 is 0 Å². The van der Waals surface area contributed by atoms with Gasteiger partial charge in [0.05, 0.1) is 0 Å². The van der Waals surface area contributed by atoms with Gasteiger partial charge in [0.25, 0.3) is 0 Å². The smallest absolute Gasteiger partial charge is 0.0248 e. The molecule has 2 unspecified atom stereocenters. The zero-order valence-electron chi connectivity index (χ0n) is 9.51. The summed E-state index contributed by atoms with van der Waals surface area (Å²) in [6.07, 6.45) is 4.14. The van der Waals surface area contributed by atoms with Crippen molar-refractivity contribution < 1.29 is 0 Å². The fraction of sp³-hybridized carbons (Fsp3) is 1.00. The van der Waals surface area contributed by atoms with E-state index in [1.165, 1.54) is 25.8 Å². The number of hydrogen-bond acceptors (Lipinski definition) is 2. The molecule has 0 saturated carbocycles. The maximum absolute atomic E-state index is 3.46. The molecule has 2 heteroatoms. The Kier molecular flexibility index (Phi) is 4.20. The van der Waals surface area contributed by atoms with Crippen molar-refractivity contribution in [2.24, 2.45) is 5.92 Å². The Balaban J connectivity index is 2.55. The minimum Gasteiger partial charge on any atom is -0.315 e. The van der Waals surface area contributed by atoms with Crippen LogP contribution in [0.4, 0.5) is 0 Å². The molecule has 1 heterocycles. The Labute approximate surface area is 82.7 Å². The third-order valence-corrected chi connectivity index (χ3v) is 3.29. The Morgan fingerprint density at radius 3 is 2.46 bits per heavy atom. The monoisotopic (exact) mass is 184 g/mol. The van der Waals surface area contributed by atoms with Gasteiger partial charge in [0.15, 0.2) is 0 Å². The molecular formula is C11H24N2. The van der Waals surface area contributed by atoms with Crippen LogP contribution in [0.1, 0.15) is 33.1 Å². The molecule has 1 aliphatic heterocycles. The lowest BCUT2D eigenvalue weighted by molar-refractivity contribution is 0.128. The largest absolute Gasteiger partial charge is 0.315 e. The standard InChI is InChI=1S/C11H24N2/c1-9(2)11(12-3)10-7-5-6-8-13(10)4/h9-12H,5-8H2,1-4H3. The molecule has 0 aromatic carbocycles. The van der Waals surface area contributed by atoms with Gasteiger partial charge in [-0.2, -0.15) is 0 Å². The van der Waals surface area contributed by atoms with Crippen LogP contribution in [0.15, 0.2) is 0 Å². The molecule has 1 fully saturated rings. The van der Waals surface area contributed by atoms with E-state index in [1.54, 1.807) is 0 Å². The normalized spacial score (nSPS) is 27.9. The van der Waals surface area contributed by atoms with Crippen LogP contribution < -0.4 is 5.32 Å². The Morgan fingerprint density at radius 1 is 1.31 bits per heavy atom. The first kappa shape index (κ1) is 11.0. The quantitative estimate of drug-likeness (QED) is 0.718. The summed E-state index contributed by atoms with van der Waals surface area (Å²) in [5.74, 6) is 0.732. The van der Waals surface area contributed by atoms with Crippen molar-refractivity contribution in [3.8, 4) is 0 Å². The van der Waals surface area contributed by atoms with Gasteiger partial charge in [-0.1, -0.05) is 20.3 Å². The van der Waals surface area contributed by atoms with Crippen LogP contribution >= 0.6 is 0 Å². The van der Waals surface area contributed by atoms with E-state index >= 15 is 0 Å². The molecule has 0 spiro atoms. The number of piperidine rings is 1. The lowest BCUT2D eigenvalue weighted by Crippen LogP contribution is -2.52. The van der Waals surface area contributed by atoms with Crippen molar-refractivity contribution in [2.45, 2.75) is 45.2 Å². The summed E-state index contributed by atoms with van der Waals surface area (Å²) in [6, 6.07) is 1.41. The van der Waals surface area contributed by atoms with Crippen LogP contribution in [0, 0.1) is 5.92 Å². The highest BCUT2D eigenvalue weighted by Gasteiger charge is 2.28. The molecule has 0 aromatic heterocycles. The van der Waals surface area contributed by atoms with Crippen molar-refractivity contribution in [3.05, 3.63) is 0 Å². The first-order chi connectivity index (χ1) is 6.16. The molecule has 0 amide bonds. The van der Waals surface area contributed by atoms with Crippen molar-refractivity contribution >= 4 is 0 Å². The van der Waals surface area contributed by atoms with Gasteiger partial charge in [-0.3, -0.25) is 0 Å². The third kappa shape index (κ3) is 2.68. The van der Waals surface area contributed by atoms with E-state index in [0.29, 0.717) is 6.04 Å². The van der Waals surface area contributed by atoms with Gasteiger partial charge in [-0.05, 0) is 39.4 Å². The Morgan fingerprint density at radius 2 is 2.00 bits per heavy atom. The van der Waals surface area contributed by atoms with Gasteiger partial charge >= 0.3 is 0 Å². The molecule has 2 nitrogen and oxygen atoms in total. The third-order valence-electron chi connectivity index (χ3n) is 3.29. The van der Waals surface area contributed by atoms with E-state index in [4.69, 9.17) is 0 Å². The highest BCUT2D eigenvalue weighted by atomic mass is 15.2. The molecule has 2 atom stereocenters. The van der Waals surface area contributed by atoms with E-state index in [9.17, 15) is 0 Å². The molecule has 0 aromatic rings. The van der Waals surface area contributed by atoms with Crippen LogP contribution in [0.2, 0.25) is 0 Å². The van der Waals surface area contributed by atoms with Crippen molar-refractivity contribution in [2.75, 3.05) is 20.6 Å². The van der Waals surface area contributed by atoms with Crippen LogP contribution in [-0.4, -0.2) is 37.6 Å². The average molecular weight is 184 g/mol. The Hall–Kier alpha value is -0.0800. The number of likely N-dealkylation sites (N-methyl/N-ethyl adjacent to an activating group) is 2. The summed E-state index contributed by atoms with van der Waals surface area (Å²) in [5.41, 5.74) is 0. The zero-order valence-corrected chi connectivity index (χ0v) is 9.51. The van der Waals surface area contributed by atoms with Crippen molar-refractivity contribution in [1.29, 1.82) is 0 Å². The summed E-state index contributed by atoms with van der Waals surface area (Å²) in [5, 5.41) is 3.46. The molecule has 0 bridgehead atoms. The highest BCUT2D eigenvalue weighted by molar-refractivity contribution is 4.86. The second-order valence-corrected chi connectivity index (χ2v) is 4.60. The summed E-state index contributed by atoms with van der Waals surface area (Å²) in [4.78, 5) is 2.52. The van der Waals surface area contributed by atoms with Crippen LogP contribution in [0.25, 0.3) is 0 Å². The molecule has 0 radical (unpaired) electrons. The highest BCUT2D eigenvalue weighted by Crippen LogP contribution is 2.21. The minimum absolute atomic E-state index is 0.658. The molecule has 1 N–H and O–H groups in total. The Bertz CT molecular complexity index is 145. The molecular weight excluding hydrogens is 160 g/mol. The van der Waals surface area contributed by atoms with E-state index in [2.05, 4.69) is 38.2 Å². The predicted molar refractivity (Wildman–Crippen MR) is 58.0 cm³/mol. The average Bonchev–Trinajstić information content (AvgIpc) is 2.09. The van der Waals surface area contributed by atoms with Crippen LogP contribution in [0.3, 0.4) is 0 Å². The lowest BCUT2D eigenvalue weighted by Gasteiger charge is -2.39. The number of rotatable bonds is 3. The van der Waals surface area contributed by atoms with Gasteiger partial charge in [0, 0.05) is 12.1 Å². The van der Waals surface area contributed by atoms with Gasteiger partial charge in [0.2, 0.25) is 0 Å².